The van der Waals surface area contributed by atoms with Crippen LogP contribution in [0.3, 0.4) is 0 Å². The molecule has 0 radical (unpaired) electrons. The molecule has 1 saturated carbocycles. The van der Waals surface area contributed by atoms with E-state index in [1.165, 1.54) is 0 Å². The number of carbonyl (C=O) groups is 1. The summed E-state index contributed by atoms with van der Waals surface area (Å²) < 4.78 is 5.49. The third-order valence-electron chi connectivity index (χ3n) is 4.44. The molecule has 0 aliphatic heterocycles. The quantitative estimate of drug-likeness (QED) is 0.815. The van der Waals surface area contributed by atoms with E-state index in [0.29, 0.717) is 6.54 Å². The average Bonchev–Trinajstić information content (AvgIpc) is 3.49. The van der Waals surface area contributed by atoms with Gasteiger partial charge in [-0.25, -0.2) is 4.79 Å². The largest absolute Gasteiger partial charge is 0.496 e. The molecule has 1 aliphatic carbocycles. The van der Waals surface area contributed by atoms with Crippen molar-refractivity contribution in [3.05, 3.63) is 65.7 Å². The van der Waals surface area contributed by atoms with E-state index in [1.54, 1.807) is 12.0 Å². The Morgan fingerprint density at radius 2 is 1.88 bits per heavy atom. The Kier molecular flexibility index (Phi) is 5.56. The van der Waals surface area contributed by atoms with E-state index in [-0.39, 0.29) is 24.7 Å². The molecule has 0 saturated heterocycles. The fourth-order valence-electron chi connectivity index (χ4n) is 3.04. The van der Waals surface area contributed by atoms with Crippen LogP contribution in [0.1, 0.15) is 30.0 Å². The Bertz CT molecular complexity index is 701. The van der Waals surface area contributed by atoms with Gasteiger partial charge in [-0.15, -0.1) is 0 Å². The molecule has 5 heteroatoms. The van der Waals surface area contributed by atoms with Crippen molar-refractivity contribution >= 4 is 6.03 Å². The van der Waals surface area contributed by atoms with Crippen molar-refractivity contribution in [1.29, 1.82) is 0 Å². The molecule has 2 aromatic carbocycles. The third-order valence-corrected chi connectivity index (χ3v) is 4.44. The highest BCUT2D eigenvalue weighted by atomic mass is 16.5. The summed E-state index contributed by atoms with van der Waals surface area (Å²) >= 11 is 0. The summed E-state index contributed by atoms with van der Waals surface area (Å²) in [7, 11) is 1.63. The number of nitrogens with one attached hydrogen (secondary N) is 1. The standard InChI is InChI=1S/C20H24N2O3/c1-25-18-10-6-5-9-17(18)19(15-7-3-2-4-8-15)21-20(24)22(13-14-23)16-11-12-16/h2-10,16,19,23H,11-14H2,1H3,(H,21,24). The first kappa shape index (κ1) is 17.3. The van der Waals surface area contributed by atoms with Gasteiger partial charge < -0.3 is 20.1 Å². The lowest BCUT2D eigenvalue weighted by atomic mass is 9.98. The van der Waals surface area contributed by atoms with Gasteiger partial charge in [-0.1, -0.05) is 48.5 Å². The van der Waals surface area contributed by atoms with E-state index in [2.05, 4.69) is 5.32 Å². The van der Waals surface area contributed by atoms with Gasteiger partial charge in [0.25, 0.3) is 0 Å². The van der Waals surface area contributed by atoms with Crippen LogP contribution in [-0.4, -0.2) is 42.3 Å². The molecule has 2 N–H and O–H groups in total. The number of aliphatic hydroxyl groups excluding tert-OH is 1. The van der Waals surface area contributed by atoms with Gasteiger partial charge in [0.05, 0.1) is 19.8 Å². The average molecular weight is 340 g/mol. The molecule has 1 fully saturated rings. The molecular formula is C20H24N2O3. The number of rotatable bonds is 7. The Labute approximate surface area is 148 Å². The number of ether oxygens (including phenoxy) is 1. The zero-order chi connectivity index (χ0) is 17.6. The third kappa shape index (κ3) is 4.12. The molecule has 3 rings (SSSR count). The first-order chi connectivity index (χ1) is 12.2. The first-order valence-electron chi connectivity index (χ1n) is 8.60. The summed E-state index contributed by atoms with van der Waals surface area (Å²) in [5, 5.41) is 12.4. The summed E-state index contributed by atoms with van der Waals surface area (Å²) in [6, 6.07) is 17.3. The lowest BCUT2D eigenvalue weighted by Crippen LogP contribution is -2.44. The smallest absolute Gasteiger partial charge is 0.318 e. The minimum Gasteiger partial charge on any atom is -0.496 e. The monoisotopic (exact) mass is 340 g/mol. The number of methoxy groups -OCH3 is 1. The van der Waals surface area contributed by atoms with Crippen molar-refractivity contribution in [3.63, 3.8) is 0 Å². The molecule has 0 aromatic heterocycles. The van der Waals surface area contributed by atoms with Crippen LogP contribution in [0.2, 0.25) is 0 Å². The van der Waals surface area contributed by atoms with E-state index in [9.17, 15) is 9.90 Å². The van der Waals surface area contributed by atoms with Crippen LogP contribution in [0.15, 0.2) is 54.6 Å². The van der Waals surface area contributed by atoms with Crippen molar-refractivity contribution in [3.8, 4) is 5.75 Å². The van der Waals surface area contributed by atoms with Gasteiger partial charge in [0, 0.05) is 18.2 Å². The van der Waals surface area contributed by atoms with Crippen molar-refractivity contribution < 1.29 is 14.6 Å². The number of carbonyl (C=O) groups excluding carboxylic acids is 1. The molecular weight excluding hydrogens is 316 g/mol. The van der Waals surface area contributed by atoms with Gasteiger partial charge in [0.2, 0.25) is 0 Å². The Morgan fingerprint density at radius 3 is 2.52 bits per heavy atom. The normalized spacial score (nSPS) is 14.6. The second-order valence-corrected chi connectivity index (χ2v) is 6.18. The second kappa shape index (κ2) is 8.03. The van der Waals surface area contributed by atoms with Crippen LogP contribution in [0, 0.1) is 0 Å². The van der Waals surface area contributed by atoms with Crippen molar-refractivity contribution in [2.24, 2.45) is 0 Å². The summed E-state index contributed by atoms with van der Waals surface area (Å²) in [5.41, 5.74) is 1.89. The predicted molar refractivity (Wildman–Crippen MR) is 96.6 cm³/mol. The van der Waals surface area contributed by atoms with Gasteiger partial charge in [-0.3, -0.25) is 0 Å². The number of benzene rings is 2. The van der Waals surface area contributed by atoms with Crippen LogP contribution in [0.5, 0.6) is 5.75 Å². The van der Waals surface area contributed by atoms with Crippen molar-refractivity contribution in [2.45, 2.75) is 24.9 Å². The zero-order valence-electron chi connectivity index (χ0n) is 14.4. The van der Waals surface area contributed by atoms with Gasteiger partial charge in [-0.2, -0.15) is 0 Å². The van der Waals surface area contributed by atoms with E-state index >= 15 is 0 Å². The highest BCUT2D eigenvalue weighted by molar-refractivity contribution is 5.76. The number of hydrogen-bond acceptors (Lipinski definition) is 3. The van der Waals surface area contributed by atoms with Gasteiger partial charge >= 0.3 is 6.03 Å². The molecule has 0 heterocycles. The van der Waals surface area contributed by atoms with Gasteiger partial charge in [0.15, 0.2) is 0 Å². The summed E-state index contributed by atoms with van der Waals surface area (Å²) in [4.78, 5) is 14.6. The van der Waals surface area contributed by atoms with Gasteiger partial charge in [-0.05, 0) is 24.5 Å². The van der Waals surface area contributed by atoms with Crippen molar-refractivity contribution in [1.82, 2.24) is 10.2 Å². The highest BCUT2D eigenvalue weighted by Crippen LogP contribution is 2.31. The number of hydrogen-bond donors (Lipinski definition) is 2. The van der Waals surface area contributed by atoms with Crippen LogP contribution in [-0.2, 0) is 0 Å². The van der Waals surface area contributed by atoms with Crippen LogP contribution in [0.4, 0.5) is 4.79 Å². The maximum atomic E-state index is 12.8. The molecule has 0 bridgehead atoms. The predicted octanol–water partition coefficient (Wildman–Crippen LogP) is 2.95. The SMILES string of the molecule is COc1ccccc1C(NC(=O)N(CCO)C1CC1)c1ccccc1. The molecule has 2 amide bonds. The minimum atomic E-state index is -0.315. The number of amides is 2. The number of nitrogens with zero attached hydrogens (tertiary/aromatic N) is 1. The number of para-hydroxylation sites is 1. The summed E-state index contributed by atoms with van der Waals surface area (Å²) in [6.45, 7) is 0.318. The van der Waals surface area contributed by atoms with Crippen LogP contribution in [0.25, 0.3) is 0 Å². The molecule has 25 heavy (non-hydrogen) atoms. The van der Waals surface area contributed by atoms with Crippen molar-refractivity contribution in [2.75, 3.05) is 20.3 Å². The van der Waals surface area contributed by atoms with Gasteiger partial charge in [0.1, 0.15) is 5.75 Å². The van der Waals surface area contributed by atoms with E-state index in [4.69, 9.17) is 4.74 Å². The molecule has 1 aliphatic rings. The fourth-order valence-corrected chi connectivity index (χ4v) is 3.04. The second-order valence-electron chi connectivity index (χ2n) is 6.18. The summed E-state index contributed by atoms with van der Waals surface area (Å²) in [5.74, 6) is 0.733. The number of urea groups is 1. The molecule has 2 aromatic rings. The molecule has 0 spiro atoms. The maximum absolute atomic E-state index is 12.8. The topological polar surface area (TPSA) is 61.8 Å². The highest BCUT2D eigenvalue weighted by Gasteiger charge is 2.33. The molecule has 1 atom stereocenters. The van der Waals surface area contributed by atoms with Crippen LogP contribution >= 0.6 is 0 Å². The fraction of sp³-hybridized carbons (Fsp3) is 0.350. The van der Waals surface area contributed by atoms with E-state index < -0.39 is 0 Å². The lowest BCUT2D eigenvalue weighted by molar-refractivity contribution is 0.171. The lowest BCUT2D eigenvalue weighted by Gasteiger charge is -2.27. The molecule has 1 unspecified atom stereocenters. The molecule has 5 nitrogen and oxygen atoms in total. The first-order valence-corrected chi connectivity index (χ1v) is 8.60. The number of aliphatic hydroxyl groups is 1. The van der Waals surface area contributed by atoms with E-state index in [0.717, 1.165) is 29.7 Å². The molecule has 132 valence electrons. The van der Waals surface area contributed by atoms with E-state index in [1.807, 2.05) is 54.6 Å². The Balaban J connectivity index is 1.90. The van der Waals surface area contributed by atoms with Crippen LogP contribution < -0.4 is 10.1 Å². The Morgan fingerprint density at radius 1 is 1.20 bits per heavy atom. The minimum absolute atomic E-state index is 0.0332. The Hall–Kier alpha value is -2.53. The zero-order valence-corrected chi connectivity index (χ0v) is 14.4. The maximum Gasteiger partial charge on any atom is 0.318 e. The summed E-state index contributed by atoms with van der Waals surface area (Å²) in [6.07, 6.45) is 2.00.